The third kappa shape index (κ3) is 2.26. The number of aryl methyl sites for hydroxylation is 1. The highest BCUT2D eigenvalue weighted by molar-refractivity contribution is 5.77. The van der Waals surface area contributed by atoms with Gasteiger partial charge < -0.3 is 15.9 Å². The van der Waals surface area contributed by atoms with Gasteiger partial charge in [-0.05, 0) is 90.5 Å². The number of primary amides is 1. The number of nitrogens with two attached hydrogens (primary N) is 1. The Morgan fingerprint density at radius 2 is 2.08 bits per heavy atom. The van der Waals surface area contributed by atoms with Gasteiger partial charge in [-0.15, -0.1) is 0 Å². The predicted octanol–water partition coefficient (Wildman–Crippen LogP) is 2.64. The molecule has 1 amide bonds. The van der Waals surface area contributed by atoms with Crippen molar-refractivity contribution in [3.8, 4) is 5.75 Å². The summed E-state index contributed by atoms with van der Waals surface area (Å²) in [5.74, 6) is 1.47. The zero-order valence-electron chi connectivity index (χ0n) is 14.3. The summed E-state index contributed by atoms with van der Waals surface area (Å²) in [6.07, 6.45) is 6.20. The fourth-order valence-electron chi connectivity index (χ4n) is 6.12. The number of phenols is 1. The molecule has 0 radical (unpaired) electrons. The standard InChI is InChI=1S/C20H27NO3/c1-20-7-6-15-14(16(20)4-5-17(20)23)3-2-11-8-13(22)9-12(19(11)15)10-18(21)24/h8-9,14-17,22-23H,2-7,10H2,1H3,(H2,21,24)/t14-,15+,16+,17-,20+/m1/s1. The maximum Gasteiger partial charge on any atom is 0.221 e. The Kier molecular flexibility index (Phi) is 3.64. The molecule has 0 bridgehead atoms. The highest BCUT2D eigenvalue weighted by Gasteiger charge is 2.54. The smallest absolute Gasteiger partial charge is 0.221 e. The largest absolute Gasteiger partial charge is 0.508 e. The number of hydrogen-bond acceptors (Lipinski definition) is 3. The number of hydrogen-bond donors (Lipinski definition) is 3. The maximum atomic E-state index is 11.5. The molecule has 0 aromatic heterocycles. The first-order valence-electron chi connectivity index (χ1n) is 9.21. The fourth-order valence-corrected chi connectivity index (χ4v) is 6.12. The van der Waals surface area contributed by atoms with Crippen LogP contribution in [-0.2, 0) is 17.6 Å². The average Bonchev–Trinajstić information content (AvgIpc) is 2.81. The molecule has 4 N–H and O–H groups in total. The van der Waals surface area contributed by atoms with Gasteiger partial charge in [0.15, 0.2) is 0 Å². The van der Waals surface area contributed by atoms with E-state index in [-0.39, 0.29) is 29.6 Å². The first-order valence-corrected chi connectivity index (χ1v) is 9.21. The third-order valence-corrected chi connectivity index (χ3v) is 7.21. The lowest BCUT2D eigenvalue weighted by atomic mass is 9.55. The third-order valence-electron chi connectivity index (χ3n) is 7.21. The van der Waals surface area contributed by atoms with Crippen molar-refractivity contribution in [1.82, 2.24) is 0 Å². The Balaban J connectivity index is 1.75. The van der Waals surface area contributed by atoms with Gasteiger partial charge in [0, 0.05) is 0 Å². The van der Waals surface area contributed by atoms with E-state index >= 15 is 0 Å². The molecule has 3 aliphatic carbocycles. The molecule has 3 aliphatic rings. The molecule has 0 unspecified atom stereocenters. The van der Waals surface area contributed by atoms with Crippen LogP contribution in [0, 0.1) is 17.3 Å². The highest BCUT2D eigenvalue weighted by Crippen LogP contribution is 2.61. The number of aromatic hydroxyl groups is 1. The molecule has 0 saturated heterocycles. The van der Waals surface area contributed by atoms with Crippen LogP contribution in [0.25, 0.3) is 0 Å². The van der Waals surface area contributed by atoms with Gasteiger partial charge in [0.05, 0.1) is 12.5 Å². The van der Waals surface area contributed by atoms with E-state index in [1.54, 1.807) is 6.07 Å². The van der Waals surface area contributed by atoms with Gasteiger partial charge in [-0.25, -0.2) is 0 Å². The van der Waals surface area contributed by atoms with Crippen molar-refractivity contribution in [1.29, 1.82) is 0 Å². The lowest BCUT2D eigenvalue weighted by molar-refractivity contribution is -0.117. The molecule has 0 spiro atoms. The lowest BCUT2D eigenvalue weighted by Crippen LogP contribution is -2.44. The topological polar surface area (TPSA) is 83.5 Å². The van der Waals surface area contributed by atoms with Gasteiger partial charge in [-0.1, -0.05) is 6.92 Å². The molecule has 130 valence electrons. The molecule has 5 atom stereocenters. The van der Waals surface area contributed by atoms with E-state index in [0.717, 1.165) is 44.1 Å². The summed E-state index contributed by atoms with van der Waals surface area (Å²) in [5.41, 5.74) is 8.87. The van der Waals surface area contributed by atoms with Gasteiger partial charge in [0.25, 0.3) is 0 Å². The van der Waals surface area contributed by atoms with Gasteiger partial charge in [-0.3, -0.25) is 4.79 Å². The number of carbonyl (C=O) groups excluding carboxylic acids is 1. The normalized spacial score (nSPS) is 37.4. The van der Waals surface area contributed by atoms with E-state index in [1.807, 2.05) is 6.07 Å². The molecule has 24 heavy (non-hydrogen) atoms. The van der Waals surface area contributed by atoms with Crippen molar-refractivity contribution < 1.29 is 15.0 Å². The van der Waals surface area contributed by atoms with E-state index in [9.17, 15) is 15.0 Å². The van der Waals surface area contributed by atoms with E-state index < -0.39 is 0 Å². The molecule has 1 aromatic carbocycles. The van der Waals surface area contributed by atoms with Crippen LogP contribution in [0.1, 0.15) is 61.6 Å². The Bertz CT molecular complexity index is 686. The summed E-state index contributed by atoms with van der Waals surface area (Å²) in [7, 11) is 0. The van der Waals surface area contributed by atoms with Crippen molar-refractivity contribution in [3.63, 3.8) is 0 Å². The van der Waals surface area contributed by atoms with Crippen LogP contribution in [0.3, 0.4) is 0 Å². The predicted molar refractivity (Wildman–Crippen MR) is 91.6 cm³/mol. The zero-order chi connectivity index (χ0) is 17.1. The maximum absolute atomic E-state index is 11.5. The van der Waals surface area contributed by atoms with Gasteiger partial charge in [0.1, 0.15) is 5.75 Å². The number of rotatable bonds is 2. The molecule has 2 fully saturated rings. The van der Waals surface area contributed by atoms with Crippen molar-refractivity contribution in [2.24, 2.45) is 23.0 Å². The monoisotopic (exact) mass is 329 g/mol. The molecule has 0 heterocycles. The van der Waals surface area contributed by atoms with Gasteiger partial charge in [-0.2, -0.15) is 0 Å². The first-order chi connectivity index (χ1) is 11.4. The second-order valence-corrected chi connectivity index (χ2v) is 8.37. The molecule has 4 heteroatoms. The Hall–Kier alpha value is -1.55. The second-order valence-electron chi connectivity index (χ2n) is 8.37. The number of aliphatic hydroxyl groups excluding tert-OH is 1. The summed E-state index contributed by atoms with van der Waals surface area (Å²) >= 11 is 0. The summed E-state index contributed by atoms with van der Waals surface area (Å²) in [6, 6.07) is 3.59. The van der Waals surface area contributed by atoms with E-state index in [4.69, 9.17) is 5.73 Å². The van der Waals surface area contributed by atoms with Crippen LogP contribution in [-0.4, -0.2) is 22.2 Å². The number of benzene rings is 1. The quantitative estimate of drug-likeness (QED) is 0.780. The Labute approximate surface area is 143 Å². The summed E-state index contributed by atoms with van der Waals surface area (Å²) in [5, 5.41) is 20.5. The second kappa shape index (κ2) is 5.48. The first kappa shape index (κ1) is 15.9. The fraction of sp³-hybridized carbons (Fsp3) is 0.650. The van der Waals surface area contributed by atoms with Crippen LogP contribution >= 0.6 is 0 Å². The van der Waals surface area contributed by atoms with Crippen LogP contribution < -0.4 is 5.73 Å². The van der Waals surface area contributed by atoms with Crippen LogP contribution in [0.5, 0.6) is 5.75 Å². The lowest BCUT2D eigenvalue weighted by Gasteiger charge is -2.50. The summed E-state index contributed by atoms with van der Waals surface area (Å²) < 4.78 is 0. The van der Waals surface area contributed by atoms with Crippen molar-refractivity contribution in [2.75, 3.05) is 0 Å². The summed E-state index contributed by atoms with van der Waals surface area (Å²) in [6.45, 7) is 2.27. The number of fused-ring (bicyclic) bond motifs is 5. The number of aliphatic hydroxyl groups is 1. The minimum atomic E-state index is -0.346. The molecular weight excluding hydrogens is 302 g/mol. The number of carbonyl (C=O) groups is 1. The molecule has 2 saturated carbocycles. The number of phenolic OH excluding ortho intramolecular Hbond substituents is 1. The minimum Gasteiger partial charge on any atom is -0.508 e. The molecule has 0 aliphatic heterocycles. The van der Waals surface area contributed by atoms with Crippen LogP contribution in [0.2, 0.25) is 0 Å². The molecule has 1 aromatic rings. The molecule has 4 nitrogen and oxygen atoms in total. The SMILES string of the molecule is C[C@]12CC[C@@H]3c4c(cc(O)cc4CC(N)=O)CC[C@H]3[C@@H]1CC[C@H]2O. The highest BCUT2D eigenvalue weighted by atomic mass is 16.3. The Morgan fingerprint density at radius 1 is 1.29 bits per heavy atom. The average molecular weight is 329 g/mol. The van der Waals surface area contributed by atoms with Crippen LogP contribution in [0.15, 0.2) is 12.1 Å². The minimum absolute atomic E-state index is 0.0550. The van der Waals surface area contributed by atoms with E-state index in [0.29, 0.717) is 17.8 Å². The summed E-state index contributed by atoms with van der Waals surface area (Å²) in [4.78, 5) is 11.5. The van der Waals surface area contributed by atoms with E-state index in [2.05, 4.69) is 6.92 Å². The van der Waals surface area contributed by atoms with Gasteiger partial charge in [0.2, 0.25) is 5.91 Å². The van der Waals surface area contributed by atoms with Crippen molar-refractivity contribution >= 4 is 5.91 Å². The van der Waals surface area contributed by atoms with E-state index in [1.165, 1.54) is 11.1 Å². The molecule has 4 rings (SSSR count). The van der Waals surface area contributed by atoms with Crippen LogP contribution in [0.4, 0.5) is 0 Å². The molecular formula is C20H27NO3. The Morgan fingerprint density at radius 3 is 2.83 bits per heavy atom. The van der Waals surface area contributed by atoms with Crippen molar-refractivity contribution in [2.45, 2.75) is 63.9 Å². The van der Waals surface area contributed by atoms with Crippen molar-refractivity contribution in [3.05, 3.63) is 28.8 Å². The zero-order valence-corrected chi connectivity index (χ0v) is 14.3. The number of amides is 1. The van der Waals surface area contributed by atoms with Gasteiger partial charge >= 0.3 is 0 Å².